The molecule has 4 nitrogen and oxygen atoms in total. The van der Waals surface area contributed by atoms with Crippen molar-refractivity contribution in [3.05, 3.63) is 0 Å². The fourth-order valence-electron chi connectivity index (χ4n) is 2.13. The van der Waals surface area contributed by atoms with Gasteiger partial charge in [0.1, 0.15) is 0 Å². The average molecular weight is 256 g/mol. The summed E-state index contributed by atoms with van der Waals surface area (Å²) < 4.78 is 5.80. The normalized spacial score (nSPS) is 18.3. The molecule has 0 spiro atoms. The minimum Gasteiger partial charge on any atom is -0.378 e. The molecular formula is C14H28N2O2. The molecule has 0 aliphatic heterocycles. The highest BCUT2D eigenvalue weighted by atomic mass is 16.5. The average Bonchev–Trinajstić information content (AvgIpc) is 2.39. The van der Waals surface area contributed by atoms with Crippen LogP contribution in [0, 0.1) is 0 Å². The van der Waals surface area contributed by atoms with Crippen molar-refractivity contribution in [2.45, 2.75) is 70.9 Å². The van der Waals surface area contributed by atoms with E-state index in [1.165, 1.54) is 32.1 Å². The molecule has 0 heterocycles. The van der Waals surface area contributed by atoms with Gasteiger partial charge in [0.25, 0.3) is 0 Å². The van der Waals surface area contributed by atoms with Crippen molar-refractivity contribution >= 4 is 6.03 Å². The van der Waals surface area contributed by atoms with Crippen LogP contribution in [0.2, 0.25) is 0 Å². The summed E-state index contributed by atoms with van der Waals surface area (Å²) >= 11 is 0. The van der Waals surface area contributed by atoms with E-state index >= 15 is 0 Å². The summed E-state index contributed by atoms with van der Waals surface area (Å²) in [5.41, 5.74) is 0. The maximum absolute atomic E-state index is 11.4. The van der Waals surface area contributed by atoms with Gasteiger partial charge in [0, 0.05) is 19.2 Å². The Labute approximate surface area is 111 Å². The van der Waals surface area contributed by atoms with Crippen LogP contribution in [0.15, 0.2) is 0 Å². The maximum Gasteiger partial charge on any atom is 0.314 e. The second-order valence-electron chi connectivity index (χ2n) is 5.19. The Kier molecular flexibility index (Phi) is 7.81. The lowest BCUT2D eigenvalue weighted by Crippen LogP contribution is -2.41. The van der Waals surface area contributed by atoms with E-state index in [1.807, 2.05) is 6.92 Å². The van der Waals surface area contributed by atoms with Gasteiger partial charge in [0.15, 0.2) is 0 Å². The maximum atomic E-state index is 11.4. The second kappa shape index (κ2) is 9.20. The molecule has 1 aliphatic rings. The van der Waals surface area contributed by atoms with Gasteiger partial charge in [-0.2, -0.15) is 0 Å². The summed E-state index contributed by atoms with van der Waals surface area (Å²) in [6.45, 7) is 5.51. The highest BCUT2D eigenvalue weighted by molar-refractivity contribution is 5.74. The predicted octanol–water partition coefficient (Wildman–Crippen LogP) is 2.82. The summed E-state index contributed by atoms with van der Waals surface area (Å²) in [5.74, 6) is 0. The van der Waals surface area contributed by atoms with Crippen molar-refractivity contribution in [2.24, 2.45) is 0 Å². The molecule has 1 fully saturated rings. The third-order valence-electron chi connectivity index (χ3n) is 3.50. The van der Waals surface area contributed by atoms with Gasteiger partial charge in [0.05, 0.1) is 6.10 Å². The topological polar surface area (TPSA) is 50.4 Å². The molecule has 0 saturated heterocycles. The third-order valence-corrected chi connectivity index (χ3v) is 3.50. The van der Waals surface area contributed by atoms with Crippen LogP contribution in [0.5, 0.6) is 0 Å². The van der Waals surface area contributed by atoms with E-state index in [0.717, 1.165) is 19.4 Å². The summed E-state index contributed by atoms with van der Waals surface area (Å²) in [7, 11) is 0. The molecule has 1 aliphatic carbocycles. The molecule has 0 unspecified atom stereocenters. The lowest BCUT2D eigenvalue weighted by atomic mass is 9.98. The molecule has 18 heavy (non-hydrogen) atoms. The largest absolute Gasteiger partial charge is 0.378 e. The molecule has 2 N–H and O–H groups in total. The van der Waals surface area contributed by atoms with Gasteiger partial charge in [-0.25, -0.2) is 4.79 Å². The van der Waals surface area contributed by atoms with Crippen molar-refractivity contribution < 1.29 is 9.53 Å². The quantitative estimate of drug-likeness (QED) is 0.688. The summed E-state index contributed by atoms with van der Waals surface area (Å²) in [5, 5.41) is 5.73. The Bertz CT molecular complexity index is 228. The number of carbonyl (C=O) groups excluding carboxylic acids is 1. The van der Waals surface area contributed by atoms with Crippen LogP contribution in [0.3, 0.4) is 0 Å². The van der Waals surface area contributed by atoms with Crippen molar-refractivity contribution in [3.8, 4) is 0 Å². The fourth-order valence-corrected chi connectivity index (χ4v) is 2.13. The lowest BCUT2D eigenvalue weighted by Gasteiger charge is -2.22. The molecule has 0 aromatic carbocycles. The minimum atomic E-state index is -0.0676. The van der Waals surface area contributed by atoms with Crippen molar-refractivity contribution in [2.75, 3.05) is 13.2 Å². The molecule has 0 bridgehead atoms. The van der Waals surface area contributed by atoms with Gasteiger partial charge in [0.2, 0.25) is 0 Å². The Morgan fingerprint density at radius 3 is 2.72 bits per heavy atom. The first kappa shape index (κ1) is 15.3. The van der Waals surface area contributed by atoms with E-state index in [1.54, 1.807) is 0 Å². The van der Waals surface area contributed by atoms with Crippen LogP contribution >= 0.6 is 0 Å². The molecule has 1 rings (SSSR count). The van der Waals surface area contributed by atoms with Gasteiger partial charge >= 0.3 is 6.03 Å². The molecular weight excluding hydrogens is 228 g/mol. The van der Waals surface area contributed by atoms with Gasteiger partial charge in [-0.1, -0.05) is 26.2 Å². The van der Waals surface area contributed by atoms with Crippen molar-refractivity contribution in [1.82, 2.24) is 10.6 Å². The summed E-state index contributed by atoms with van der Waals surface area (Å²) in [6.07, 6.45) is 8.71. The number of nitrogens with one attached hydrogen (secondary N) is 2. The number of hydrogen-bond acceptors (Lipinski definition) is 2. The Morgan fingerprint density at radius 1 is 1.33 bits per heavy atom. The van der Waals surface area contributed by atoms with Crippen LogP contribution in [0.4, 0.5) is 4.79 Å². The third kappa shape index (κ3) is 6.84. The SMILES string of the molecule is CC[C@H](C)NC(=O)NCCCOC1CCCCC1. The number of hydrogen-bond donors (Lipinski definition) is 2. The van der Waals surface area contributed by atoms with Gasteiger partial charge in [-0.15, -0.1) is 0 Å². The highest BCUT2D eigenvalue weighted by Crippen LogP contribution is 2.20. The monoisotopic (exact) mass is 256 g/mol. The van der Waals surface area contributed by atoms with Gasteiger partial charge < -0.3 is 15.4 Å². The van der Waals surface area contributed by atoms with E-state index in [-0.39, 0.29) is 12.1 Å². The highest BCUT2D eigenvalue weighted by Gasteiger charge is 2.13. The smallest absolute Gasteiger partial charge is 0.314 e. The van der Waals surface area contributed by atoms with Gasteiger partial charge in [-0.3, -0.25) is 0 Å². The summed E-state index contributed by atoms with van der Waals surface area (Å²) in [4.78, 5) is 11.4. The number of urea groups is 1. The first-order valence-electron chi connectivity index (χ1n) is 7.38. The van der Waals surface area contributed by atoms with Crippen molar-refractivity contribution in [1.29, 1.82) is 0 Å². The standard InChI is InChI=1S/C14H28N2O2/c1-3-12(2)16-14(17)15-10-7-11-18-13-8-5-4-6-9-13/h12-13H,3-11H2,1-2H3,(H2,15,16,17)/t12-/m0/s1. The minimum absolute atomic E-state index is 0.0676. The van der Waals surface area contributed by atoms with E-state index in [4.69, 9.17) is 4.74 Å². The van der Waals surface area contributed by atoms with Crippen molar-refractivity contribution in [3.63, 3.8) is 0 Å². The Balaban J connectivity index is 1.92. The first-order chi connectivity index (χ1) is 8.72. The zero-order chi connectivity index (χ0) is 13.2. The van der Waals surface area contributed by atoms with Crippen LogP contribution in [0.1, 0.15) is 58.8 Å². The van der Waals surface area contributed by atoms with Crippen LogP contribution < -0.4 is 10.6 Å². The number of carbonyl (C=O) groups is 1. The molecule has 0 aromatic rings. The number of amides is 2. The molecule has 1 saturated carbocycles. The van der Waals surface area contributed by atoms with Crippen LogP contribution in [0.25, 0.3) is 0 Å². The van der Waals surface area contributed by atoms with Crippen LogP contribution in [-0.4, -0.2) is 31.3 Å². The number of ether oxygens (including phenoxy) is 1. The second-order valence-corrected chi connectivity index (χ2v) is 5.19. The molecule has 1 atom stereocenters. The molecule has 2 amide bonds. The van der Waals surface area contributed by atoms with Crippen LogP contribution in [-0.2, 0) is 4.74 Å². The predicted molar refractivity (Wildman–Crippen MR) is 73.7 cm³/mol. The summed E-state index contributed by atoms with van der Waals surface area (Å²) in [6, 6.07) is 0.172. The zero-order valence-corrected chi connectivity index (χ0v) is 11.8. The number of rotatable bonds is 7. The lowest BCUT2D eigenvalue weighted by molar-refractivity contribution is 0.0275. The zero-order valence-electron chi connectivity index (χ0n) is 11.8. The van der Waals surface area contributed by atoms with Gasteiger partial charge in [-0.05, 0) is 32.6 Å². The molecule has 4 heteroatoms. The van der Waals surface area contributed by atoms with E-state index in [9.17, 15) is 4.79 Å². The molecule has 0 radical (unpaired) electrons. The van der Waals surface area contributed by atoms with E-state index in [0.29, 0.717) is 12.6 Å². The first-order valence-corrected chi connectivity index (χ1v) is 7.38. The Hall–Kier alpha value is -0.770. The van der Waals surface area contributed by atoms with E-state index < -0.39 is 0 Å². The Morgan fingerprint density at radius 2 is 2.06 bits per heavy atom. The van der Waals surface area contributed by atoms with E-state index in [2.05, 4.69) is 17.6 Å². The molecule has 0 aromatic heterocycles. The molecule has 106 valence electrons. The fraction of sp³-hybridized carbons (Fsp3) is 0.929.